The molecule has 1 heterocycles. The number of carbonyl (C=O) groups excluding carboxylic acids is 1. The van der Waals surface area contributed by atoms with Crippen molar-refractivity contribution >= 4 is 32.5 Å². The summed E-state index contributed by atoms with van der Waals surface area (Å²) in [5, 5.41) is 3.62. The largest absolute Gasteiger partial charge is 0.494 e. The van der Waals surface area contributed by atoms with E-state index in [4.69, 9.17) is 4.74 Å². The van der Waals surface area contributed by atoms with E-state index >= 15 is 0 Å². The number of pyridine rings is 1. The highest BCUT2D eigenvalue weighted by molar-refractivity contribution is 7.89. The van der Waals surface area contributed by atoms with Gasteiger partial charge in [-0.25, -0.2) is 8.42 Å². The van der Waals surface area contributed by atoms with Crippen LogP contribution in [0.15, 0.2) is 65.7 Å². The van der Waals surface area contributed by atoms with Gasteiger partial charge in [-0.15, -0.1) is 0 Å². The first kappa shape index (κ1) is 22.2. The van der Waals surface area contributed by atoms with E-state index in [0.29, 0.717) is 36.4 Å². The van der Waals surface area contributed by atoms with E-state index in [-0.39, 0.29) is 10.8 Å². The minimum absolute atomic E-state index is 0.0782. The Kier molecular flexibility index (Phi) is 6.43. The number of anilines is 1. The molecule has 0 saturated heterocycles. The number of benzene rings is 2. The Morgan fingerprint density at radius 1 is 1.03 bits per heavy atom. The highest BCUT2D eigenvalue weighted by Crippen LogP contribution is 2.32. The topological polar surface area (TPSA) is 97.4 Å². The fourth-order valence-corrected chi connectivity index (χ4v) is 5.79. The lowest BCUT2D eigenvalue weighted by Crippen LogP contribution is -2.57. The SMILES string of the molecule is CCOc1ccc(NC(=O)C2(NS(=O)(=O)c3cccc4cccnc34)CCCCC2)cc1. The maximum absolute atomic E-state index is 13.4. The second-order valence-electron chi connectivity index (χ2n) is 7.99. The Morgan fingerprint density at radius 2 is 1.75 bits per heavy atom. The van der Waals surface area contributed by atoms with Crippen LogP contribution in [0.5, 0.6) is 5.75 Å². The molecule has 0 radical (unpaired) electrons. The van der Waals surface area contributed by atoms with Crippen molar-refractivity contribution in [2.24, 2.45) is 0 Å². The zero-order chi connectivity index (χ0) is 22.6. The molecule has 1 aliphatic carbocycles. The second-order valence-corrected chi connectivity index (χ2v) is 9.64. The lowest BCUT2D eigenvalue weighted by molar-refractivity contribution is -0.122. The molecule has 168 valence electrons. The zero-order valence-corrected chi connectivity index (χ0v) is 18.8. The van der Waals surface area contributed by atoms with Gasteiger partial charge in [0.2, 0.25) is 15.9 Å². The Hall–Kier alpha value is -2.97. The number of aromatic nitrogens is 1. The first-order chi connectivity index (χ1) is 15.4. The number of hydrogen-bond donors (Lipinski definition) is 2. The summed E-state index contributed by atoms with van der Waals surface area (Å²) in [6.07, 6.45) is 4.95. The Labute approximate surface area is 188 Å². The summed E-state index contributed by atoms with van der Waals surface area (Å²) in [5.41, 5.74) is -0.234. The summed E-state index contributed by atoms with van der Waals surface area (Å²) < 4.78 is 35.1. The van der Waals surface area contributed by atoms with Crippen LogP contribution in [0, 0.1) is 0 Å². The summed E-state index contributed by atoms with van der Waals surface area (Å²) in [6.45, 7) is 2.46. The number of sulfonamides is 1. The van der Waals surface area contributed by atoms with Crippen molar-refractivity contribution in [2.75, 3.05) is 11.9 Å². The molecule has 7 nitrogen and oxygen atoms in total. The molecule has 0 aliphatic heterocycles. The van der Waals surface area contributed by atoms with E-state index in [1.54, 1.807) is 42.6 Å². The smallest absolute Gasteiger partial charge is 0.245 e. The number of amides is 1. The molecule has 2 N–H and O–H groups in total. The Balaban J connectivity index is 1.63. The lowest BCUT2D eigenvalue weighted by Gasteiger charge is -2.36. The van der Waals surface area contributed by atoms with Crippen LogP contribution in [0.1, 0.15) is 39.0 Å². The molecular weight excluding hydrogens is 426 g/mol. The summed E-state index contributed by atoms with van der Waals surface area (Å²) in [5.74, 6) is 0.361. The number of hydrogen-bond acceptors (Lipinski definition) is 5. The molecule has 1 amide bonds. The van der Waals surface area contributed by atoms with E-state index in [2.05, 4.69) is 15.0 Å². The summed E-state index contributed by atoms with van der Waals surface area (Å²) >= 11 is 0. The van der Waals surface area contributed by atoms with Gasteiger partial charge in [0.15, 0.2) is 0 Å². The van der Waals surface area contributed by atoms with Gasteiger partial charge in [-0.3, -0.25) is 9.78 Å². The fraction of sp³-hybridized carbons (Fsp3) is 0.333. The van der Waals surface area contributed by atoms with E-state index in [0.717, 1.165) is 24.6 Å². The minimum Gasteiger partial charge on any atom is -0.494 e. The number of ether oxygens (including phenoxy) is 1. The molecule has 1 aliphatic rings. The van der Waals surface area contributed by atoms with Gasteiger partial charge in [-0.1, -0.05) is 37.5 Å². The first-order valence-corrected chi connectivity index (χ1v) is 12.3. The van der Waals surface area contributed by atoms with Crippen LogP contribution in [0.25, 0.3) is 10.9 Å². The molecule has 1 aromatic heterocycles. The van der Waals surface area contributed by atoms with Crippen molar-refractivity contribution < 1.29 is 17.9 Å². The second kappa shape index (κ2) is 9.26. The molecular formula is C24H27N3O4S. The molecule has 4 rings (SSSR count). The van der Waals surface area contributed by atoms with Crippen LogP contribution < -0.4 is 14.8 Å². The van der Waals surface area contributed by atoms with Crippen LogP contribution >= 0.6 is 0 Å². The zero-order valence-electron chi connectivity index (χ0n) is 18.0. The van der Waals surface area contributed by atoms with Crippen molar-refractivity contribution in [2.45, 2.75) is 49.5 Å². The van der Waals surface area contributed by atoms with Gasteiger partial charge < -0.3 is 10.1 Å². The number of nitrogens with zero attached hydrogens (tertiary/aromatic N) is 1. The normalized spacial score (nSPS) is 15.9. The first-order valence-electron chi connectivity index (χ1n) is 10.9. The molecule has 1 saturated carbocycles. The third kappa shape index (κ3) is 4.61. The molecule has 3 aromatic rings. The number of carbonyl (C=O) groups is 1. The summed E-state index contributed by atoms with van der Waals surface area (Å²) in [7, 11) is -3.99. The van der Waals surface area contributed by atoms with Gasteiger partial charge in [0.25, 0.3) is 0 Å². The quantitative estimate of drug-likeness (QED) is 0.557. The average Bonchev–Trinajstić information content (AvgIpc) is 2.80. The standard InChI is InChI=1S/C24H27N3O4S/c1-2-31-20-13-11-19(12-14-20)26-23(28)24(15-4-3-5-16-24)27-32(29,30)21-10-6-8-18-9-7-17-25-22(18)21/h6-14,17,27H,2-5,15-16H2,1H3,(H,26,28). The van der Waals surface area contributed by atoms with Crippen LogP contribution in [-0.2, 0) is 14.8 Å². The number of para-hydroxylation sites is 1. The van der Waals surface area contributed by atoms with Crippen molar-refractivity contribution in [1.29, 1.82) is 0 Å². The number of nitrogens with one attached hydrogen (secondary N) is 2. The highest BCUT2D eigenvalue weighted by Gasteiger charge is 2.43. The van der Waals surface area contributed by atoms with Gasteiger partial charge in [-0.2, -0.15) is 4.72 Å². The van der Waals surface area contributed by atoms with Gasteiger partial charge in [0, 0.05) is 17.3 Å². The van der Waals surface area contributed by atoms with E-state index < -0.39 is 15.6 Å². The predicted molar refractivity (Wildman–Crippen MR) is 124 cm³/mol. The van der Waals surface area contributed by atoms with Crippen molar-refractivity contribution in [3.05, 3.63) is 60.8 Å². The number of fused-ring (bicyclic) bond motifs is 1. The average molecular weight is 454 g/mol. The van der Waals surface area contributed by atoms with Gasteiger partial charge in [0.1, 0.15) is 16.2 Å². The number of rotatable bonds is 7. The van der Waals surface area contributed by atoms with E-state index in [1.807, 2.05) is 19.1 Å². The van der Waals surface area contributed by atoms with Crippen LogP contribution in [-0.4, -0.2) is 31.5 Å². The Bertz CT molecular complexity index is 1200. The Morgan fingerprint density at radius 3 is 2.47 bits per heavy atom. The van der Waals surface area contributed by atoms with Crippen LogP contribution in [0.2, 0.25) is 0 Å². The molecule has 0 bridgehead atoms. The van der Waals surface area contributed by atoms with E-state index in [1.165, 1.54) is 6.07 Å². The molecule has 1 fully saturated rings. The fourth-order valence-electron chi connectivity index (χ4n) is 4.19. The summed E-state index contributed by atoms with van der Waals surface area (Å²) in [6, 6.07) is 15.7. The monoisotopic (exact) mass is 453 g/mol. The van der Waals surface area contributed by atoms with Crippen LogP contribution in [0.3, 0.4) is 0 Å². The molecule has 0 spiro atoms. The molecule has 8 heteroatoms. The van der Waals surface area contributed by atoms with E-state index in [9.17, 15) is 13.2 Å². The third-order valence-corrected chi connectivity index (χ3v) is 7.35. The third-order valence-electron chi connectivity index (χ3n) is 5.78. The molecule has 0 atom stereocenters. The van der Waals surface area contributed by atoms with Gasteiger partial charge >= 0.3 is 0 Å². The lowest BCUT2D eigenvalue weighted by atomic mass is 9.82. The minimum atomic E-state index is -3.99. The molecule has 0 unspecified atom stereocenters. The summed E-state index contributed by atoms with van der Waals surface area (Å²) in [4.78, 5) is 17.7. The molecule has 2 aromatic carbocycles. The van der Waals surface area contributed by atoms with Crippen molar-refractivity contribution in [1.82, 2.24) is 9.71 Å². The predicted octanol–water partition coefficient (Wildman–Crippen LogP) is 4.25. The van der Waals surface area contributed by atoms with Crippen LogP contribution in [0.4, 0.5) is 5.69 Å². The van der Waals surface area contributed by atoms with Crippen molar-refractivity contribution in [3.63, 3.8) is 0 Å². The van der Waals surface area contributed by atoms with Gasteiger partial charge in [-0.05, 0) is 56.2 Å². The highest BCUT2D eigenvalue weighted by atomic mass is 32.2. The molecule has 32 heavy (non-hydrogen) atoms. The van der Waals surface area contributed by atoms with Gasteiger partial charge in [0.05, 0.1) is 12.1 Å². The van der Waals surface area contributed by atoms with Crippen molar-refractivity contribution in [3.8, 4) is 5.75 Å². The maximum Gasteiger partial charge on any atom is 0.245 e. The maximum atomic E-state index is 13.4.